The first-order chi connectivity index (χ1) is 8.72. The predicted octanol–water partition coefficient (Wildman–Crippen LogP) is 2.59. The Labute approximate surface area is 104 Å². The molecule has 4 N–H and O–H groups in total. The van der Waals surface area contributed by atoms with Gasteiger partial charge in [0, 0.05) is 5.69 Å². The first-order valence-electron chi connectivity index (χ1n) is 5.67. The van der Waals surface area contributed by atoms with Crippen LogP contribution in [0.2, 0.25) is 0 Å². The number of nitrogens with two attached hydrogens (primary N) is 1. The van der Waals surface area contributed by atoms with Crippen LogP contribution in [0.1, 0.15) is 5.56 Å². The second kappa shape index (κ2) is 4.03. The van der Waals surface area contributed by atoms with E-state index >= 15 is 0 Å². The molecule has 3 aromatic rings. The summed E-state index contributed by atoms with van der Waals surface area (Å²) in [6.07, 6.45) is 0. The summed E-state index contributed by atoms with van der Waals surface area (Å²) in [7, 11) is 0. The third-order valence-corrected chi connectivity index (χ3v) is 2.78. The molecule has 0 fully saturated rings. The Balaban J connectivity index is 1.92. The number of rotatable bonds is 2. The van der Waals surface area contributed by atoms with Crippen LogP contribution in [0.3, 0.4) is 0 Å². The van der Waals surface area contributed by atoms with Gasteiger partial charge in [-0.1, -0.05) is 17.7 Å². The van der Waals surface area contributed by atoms with Crippen molar-refractivity contribution >= 4 is 28.4 Å². The Kier molecular flexibility index (Phi) is 2.37. The van der Waals surface area contributed by atoms with Crippen LogP contribution in [0.25, 0.3) is 11.0 Å². The lowest BCUT2D eigenvalue weighted by Gasteiger charge is -2.05. The molecule has 0 aliphatic rings. The number of aryl methyl sites for hydroxylation is 1. The van der Waals surface area contributed by atoms with Crippen LogP contribution in [-0.4, -0.2) is 15.2 Å². The van der Waals surface area contributed by atoms with Gasteiger partial charge < -0.3 is 11.1 Å². The maximum absolute atomic E-state index is 5.69. The SMILES string of the molecule is Cc1ccc(Nc2ccc3c(N)n[nH]c3n2)cc1. The van der Waals surface area contributed by atoms with Crippen LogP contribution in [0, 0.1) is 6.92 Å². The monoisotopic (exact) mass is 239 g/mol. The van der Waals surface area contributed by atoms with E-state index in [9.17, 15) is 0 Å². The van der Waals surface area contributed by atoms with Crippen molar-refractivity contribution in [2.75, 3.05) is 11.1 Å². The Morgan fingerprint density at radius 1 is 1.11 bits per heavy atom. The number of hydrogen-bond acceptors (Lipinski definition) is 4. The Morgan fingerprint density at radius 3 is 2.67 bits per heavy atom. The van der Waals surface area contributed by atoms with Gasteiger partial charge in [0.15, 0.2) is 11.5 Å². The van der Waals surface area contributed by atoms with E-state index in [2.05, 4.69) is 39.6 Å². The van der Waals surface area contributed by atoms with Crippen molar-refractivity contribution in [3.05, 3.63) is 42.0 Å². The fourth-order valence-electron chi connectivity index (χ4n) is 1.78. The van der Waals surface area contributed by atoms with E-state index in [0.717, 1.165) is 16.9 Å². The van der Waals surface area contributed by atoms with Crippen molar-refractivity contribution in [2.45, 2.75) is 6.92 Å². The molecule has 1 aromatic carbocycles. The van der Waals surface area contributed by atoms with Gasteiger partial charge in [-0.25, -0.2) is 4.98 Å². The van der Waals surface area contributed by atoms with E-state index < -0.39 is 0 Å². The number of aromatic amines is 1. The minimum atomic E-state index is 0.472. The summed E-state index contributed by atoms with van der Waals surface area (Å²) < 4.78 is 0. The predicted molar refractivity (Wildman–Crippen MR) is 72.8 cm³/mol. The van der Waals surface area contributed by atoms with E-state index in [1.807, 2.05) is 24.3 Å². The lowest BCUT2D eigenvalue weighted by Crippen LogP contribution is -1.93. The van der Waals surface area contributed by atoms with Crippen molar-refractivity contribution in [2.24, 2.45) is 0 Å². The average molecular weight is 239 g/mol. The Morgan fingerprint density at radius 2 is 1.89 bits per heavy atom. The van der Waals surface area contributed by atoms with Gasteiger partial charge in [0.25, 0.3) is 0 Å². The Bertz CT molecular complexity index is 684. The number of H-pyrrole nitrogens is 1. The third kappa shape index (κ3) is 1.86. The Hall–Kier alpha value is -2.56. The first-order valence-corrected chi connectivity index (χ1v) is 5.67. The number of anilines is 3. The smallest absolute Gasteiger partial charge is 0.159 e. The fourth-order valence-corrected chi connectivity index (χ4v) is 1.78. The van der Waals surface area contributed by atoms with E-state index in [1.165, 1.54) is 5.56 Å². The molecule has 0 saturated carbocycles. The summed E-state index contributed by atoms with van der Waals surface area (Å²) in [4.78, 5) is 4.40. The molecule has 0 amide bonds. The molecule has 0 spiro atoms. The van der Waals surface area contributed by atoms with Gasteiger partial charge in [-0.05, 0) is 31.2 Å². The highest BCUT2D eigenvalue weighted by atomic mass is 15.2. The molecule has 5 nitrogen and oxygen atoms in total. The number of nitrogens with zero attached hydrogens (tertiary/aromatic N) is 2. The molecule has 0 atom stereocenters. The van der Waals surface area contributed by atoms with Crippen molar-refractivity contribution in [1.82, 2.24) is 15.2 Å². The van der Waals surface area contributed by atoms with Crippen LogP contribution in [0.5, 0.6) is 0 Å². The zero-order valence-corrected chi connectivity index (χ0v) is 9.94. The van der Waals surface area contributed by atoms with Gasteiger partial charge >= 0.3 is 0 Å². The topological polar surface area (TPSA) is 79.6 Å². The van der Waals surface area contributed by atoms with Crippen LogP contribution in [0.15, 0.2) is 36.4 Å². The summed E-state index contributed by atoms with van der Waals surface area (Å²) in [5.74, 6) is 1.23. The van der Waals surface area contributed by atoms with Crippen molar-refractivity contribution in [3.63, 3.8) is 0 Å². The molecule has 2 aromatic heterocycles. The lowest BCUT2D eigenvalue weighted by atomic mass is 10.2. The van der Waals surface area contributed by atoms with Gasteiger partial charge in [-0.2, -0.15) is 5.10 Å². The van der Waals surface area contributed by atoms with E-state index in [4.69, 9.17) is 5.73 Å². The van der Waals surface area contributed by atoms with Gasteiger partial charge in [0.2, 0.25) is 0 Å². The number of nitrogen functional groups attached to an aromatic ring is 1. The fraction of sp³-hybridized carbons (Fsp3) is 0.0769. The number of hydrogen-bond donors (Lipinski definition) is 3. The van der Waals surface area contributed by atoms with Crippen LogP contribution in [-0.2, 0) is 0 Å². The molecular formula is C13H13N5. The largest absolute Gasteiger partial charge is 0.382 e. The number of fused-ring (bicyclic) bond motifs is 1. The summed E-state index contributed by atoms with van der Waals surface area (Å²) in [6, 6.07) is 11.9. The zero-order chi connectivity index (χ0) is 12.5. The van der Waals surface area contributed by atoms with E-state index in [1.54, 1.807) is 0 Å². The maximum Gasteiger partial charge on any atom is 0.159 e. The summed E-state index contributed by atoms with van der Waals surface area (Å²) in [5, 5.41) is 10.8. The van der Waals surface area contributed by atoms with E-state index in [0.29, 0.717) is 11.5 Å². The number of nitrogens with one attached hydrogen (secondary N) is 2. The molecule has 0 unspecified atom stereocenters. The molecule has 5 heteroatoms. The quantitative estimate of drug-likeness (QED) is 0.642. The molecule has 0 saturated heterocycles. The van der Waals surface area contributed by atoms with Gasteiger partial charge in [-0.15, -0.1) is 0 Å². The highest BCUT2D eigenvalue weighted by molar-refractivity contribution is 5.87. The van der Waals surface area contributed by atoms with Crippen LogP contribution in [0.4, 0.5) is 17.3 Å². The number of benzene rings is 1. The maximum atomic E-state index is 5.69. The minimum Gasteiger partial charge on any atom is -0.382 e. The molecule has 3 rings (SSSR count). The first kappa shape index (κ1) is 10.6. The molecular weight excluding hydrogens is 226 g/mol. The molecule has 18 heavy (non-hydrogen) atoms. The van der Waals surface area contributed by atoms with Crippen LogP contribution < -0.4 is 11.1 Å². The normalized spacial score (nSPS) is 10.7. The van der Waals surface area contributed by atoms with Gasteiger partial charge in [0.05, 0.1) is 5.39 Å². The molecule has 0 bridgehead atoms. The van der Waals surface area contributed by atoms with Crippen molar-refractivity contribution in [1.29, 1.82) is 0 Å². The highest BCUT2D eigenvalue weighted by Gasteiger charge is 2.04. The van der Waals surface area contributed by atoms with Crippen LogP contribution >= 0.6 is 0 Å². The average Bonchev–Trinajstić information content (AvgIpc) is 2.74. The summed E-state index contributed by atoms with van der Waals surface area (Å²) >= 11 is 0. The second-order valence-electron chi connectivity index (χ2n) is 4.19. The standard InChI is InChI=1S/C13H13N5/c1-8-2-4-9(5-3-8)15-11-7-6-10-12(14)17-18-13(10)16-11/h2-7H,1H3,(H4,14,15,16,17,18). The molecule has 2 heterocycles. The van der Waals surface area contributed by atoms with Crippen molar-refractivity contribution < 1.29 is 0 Å². The van der Waals surface area contributed by atoms with E-state index in [-0.39, 0.29) is 0 Å². The molecule has 0 aliphatic heterocycles. The lowest BCUT2D eigenvalue weighted by molar-refractivity contribution is 1.10. The molecule has 90 valence electrons. The van der Waals surface area contributed by atoms with Gasteiger partial charge in [0.1, 0.15) is 5.82 Å². The minimum absolute atomic E-state index is 0.472. The highest BCUT2D eigenvalue weighted by Crippen LogP contribution is 2.20. The zero-order valence-electron chi connectivity index (χ0n) is 9.94. The molecule has 0 aliphatic carbocycles. The second-order valence-corrected chi connectivity index (χ2v) is 4.19. The van der Waals surface area contributed by atoms with Crippen molar-refractivity contribution in [3.8, 4) is 0 Å². The summed E-state index contributed by atoms with van der Waals surface area (Å²) in [5.41, 5.74) is 8.60. The number of aromatic nitrogens is 3. The summed E-state index contributed by atoms with van der Waals surface area (Å²) in [6.45, 7) is 2.06. The third-order valence-electron chi connectivity index (χ3n) is 2.78. The van der Waals surface area contributed by atoms with Gasteiger partial charge in [-0.3, -0.25) is 5.10 Å². The number of pyridine rings is 1. The molecule has 0 radical (unpaired) electrons.